The van der Waals surface area contributed by atoms with E-state index in [4.69, 9.17) is 4.84 Å². The van der Waals surface area contributed by atoms with Crippen LogP contribution in [0.1, 0.15) is 23.2 Å². The van der Waals surface area contributed by atoms with Gasteiger partial charge in [0.1, 0.15) is 11.3 Å². The van der Waals surface area contributed by atoms with E-state index in [1.165, 1.54) is 18.2 Å². The number of hydroxylamine groups is 1. The highest BCUT2D eigenvalue weighted by Crippen LogP contribution is 2.33. The second-order valence-corrected chi connectivity index (χ2v) is 8.20. The summed E-state index contributed by atoms with van der Waals surface area (Å²) in [7, 11) is 0. The average Bonchev–Trinajstić information content (AvgIpc) is 3.33. The Morgan fingerprint density at radius 3 is 2.89 bits per heavy atom. The Hall–Kier alpha value is -1.92. The van der Waals surface area contributed by atoms with Crippen molar-refractivity contribution in [2.24, 2.45) is 5.92 Å². The molecule has 1 aliphatic carbocycles. The number of hydrogen-bond acceptors (Lipinski definition) is 6. The molecule has 140 valence electrons. The molecule has 0 aliphatic heterocycles. The second kappa shape index (κ2) is 7.60. The minimum absolute atomic E-state index is 0.0141. The molecular formula is C17H13F2IN4O2S. The number of anilines is 2. The van der Waals surface area contributed by atoms with Crippen LogP contribution in [0.15, 0.2) is 24.3 Å². The number of amides is 1. The first-order valence-corrected chi connectivity index (χ1v) is 9.97. The smallest absolute Gasteiger partial charge is 0.277 e. The van der Waals surface area contributed by atoms with Crippen LogP contribution in [0.5, 0.6) is 0 Å². The van der Waals surface area contributed by atoms with E-state index in [1.54, 1.807) is 6.07 Å². The number of carbonyl (C=O) groups is 1. The summed E-state index contributed by atoms with van der Waals surface area (Å²) in [5, 5.41) is 6.42. The van der Waals surface area contributed by atoms with Crippen molar-refractivity contribution in [3.05, 3.63) is 45.0 Å². The molecule has 1 heterocycles. The molecule has 3 aromatic rings. The third kappa shape index (κ3) is 4.01. The number of nitrogens with zero attached hydrogens (tertiary/aromatic N) is 2. The predicted octanol–water partition coefficient (Wildman–Crippen LogP) is 4.39. The number of rotatable bonds is 6. The summed E-state index contributed by atoms with van der Waals surface area (Å²) in [5.74, 6) is -1.51. The Morgan fingerprint density at radius 1 is 1.33 bits per heavy atom. The molecule has 10 heteroatoms. The predicted molar refractivity (Wildman–Crippen MR) is 106 cm³/mol. The number of aromatic nitrogens is 2. The quantitative estimate of drug-likeness (QED) is 0.387. The van der Waals surface area contributed by atoms with Crippen LogP contribution in [0, 0.1) is 21.1 Å². The molecule has 2 N–H and O–H groups in total. The van der Waals surface area contributed by atoms with Gasteiger partial charge in [0.2, 0.25) is 0 Å². The number of nitrogens with one attached hydrogen (secondary N) is 2. The minimum Gasteiger partial charge on any atom is -0.350 e. The van der Waals surface area contributed by atoms with Crippen LogP contribution < -0.4 is 10.8 Å². The van der Waals surface area contributed by atoms with E-state index in [-0.39, 0.29) is 22.5 Å². The Balaban J connectivity index is 1.69. The molecule has 27 heavy (non-hydrogen) atoms. The Labute approximate surface area is 170 Å². The van der Waals surface area contributed by atoms with Crippen LogP contribution in [-0.4, -0.2) is 22.1 Å². The lowest BCUT2D eigenvalue weighted by Gasteiger charge is -2.14. The summed E-state index contributed by atoms with van der Waals surface area (Å²) < 4.78 is 34.0. The second-order valence-electron chi connectivity index (χ2n) is 6.17. The van der Waals surface area contributed by atoms with E-state index in [0.717, 1.165) is 24.4 Å². The van der Waals surface area contributed by atoms with Gasteiger partial charge in [-0.2, -0.15) is 0 Å². The molecule has 1 amide bonds. The van der Waals surface area contributed by atoms with Crippen molar-refractivity contribution < 1.29 is 18.4 Å². The van der Waals surface area contributed by atoms with E-state index in [1.807, 2.05) is 22.6 Å². The zero-order chi connectivity index (χ0) is 19.0. The fourth-order valence-electron chi connectivity index (χ4n) is 2.48. The highest BCUT2D eigenvalue weighted by Gasteiger charge is 2.24. The lowest BCUT2D eigenvalue weighted by molar-refractivity contribution is 0.0271. The van der Waals surface area contributed by atoms with Gasteiger partial charge in [0.15, 0.2) is 5.82 Å². The zero-order valence-electron chi connectivity index (χ0n) is 13.8. The molecular weight excluding hydrogens is 489 g/mol. The third-order valence-corrected chi connectivity index (χ3v) is 5.44. The van der Waals surface area contributed by atoms with Gasteiger partial charge in [-0.3, -0.25) is 9.63 Å². The molecule has 6 nitrogen and oxygen atoms in total. The van der Waals surface area contributed by atoms with Gasteiger partial charge in [-0.15, -0.1) is 5.10 Å². The molecule has 0 spiro atoms. The summed E-state index contributed by atoms with van der Waals surface area (Å²) in [6, 6.07) is 5.92. The van der Waals surface area contributed by atoms with Gasteiger partial charge >= 0.3 is 0 Å². The van der Waals surface area contributed by atoms with Crippen LogP contribution in [0.2, 0.25) is 0 Å². The van der Waals surface area contributed by atoms with Crippen LogP contribution >= 0.6 is 34.1 Å². The molecule has 0 bridgehead atoms. The van der Waals surface area contributed by atoms with E-state index in [9.17, 15) is 13.6 Å². The van der Waals surface area contributed by atoms with Gasteiger partial charge in [0, 0.05) is 3.57 Å². The first kappa shape index (κ1) is 18.4. The largest absolute Gasteiger partial charge is 0.350 e. The maximum Gasteiger partial charge on any atom is 0.277 e. The van der Waals surface area contributed by atoms with Crippen LogP contribution in [-0.2, 0) is 4.84 Å². The van der Waals surface area contributed by atoms with Crippen molar-refractivity contribution in [3.63, 3.8) is 0 Å². The van der Waals surface area contributed by atoms with Gasteiger partial charge in [-0.25, -0.2) is 14.3 Å². The van der Waals surface area contributed by atoms with Gasteiger partial charge in [-0.05, 0) is 77.1 Å². The first-order chi connectivity index (χ1) is 13.0. The van der Waals surface area contributed by atoms with Crippen LogP contribution in [0.4, 0.5) is 20.2 Å². The van der Waals surface area contributed by atoms with Gasteiger partial charge in [0.05, 0.1) is 28.2 Å². The third-order valence-electron chi connectivity index (χ3n) is 4.10. The van der Waals surface area contributed by atoms with Crippen molar-refractivity contribution in [3.8, 4) is 0 Å². The first-order valence-electron chi connectivity index (χ1n) is 8.11. The molecule has 1 fully saturated rings. The fourth-order valence-corrected chi connectivity index (χ4v) is 3.53. The zero-order valence-corrected chi connectivity index (χ0v) is 16.7. The van der Waals surface area contributed by atoms with Crippen molar-refractivity contribution in [1.82, 2.24) is 15.1 Å². The summed E-state index contributed by atoms with van der Waals surface area (Å²) in [6.45, 7) is 0.410. The molecule has 1 aromatic heterocycles. The highest BCUT2D eigenvalue weighted by molar-refractivity contribution is 14.1. The average molecular weight is 502 g/mol. The van der Waals surface area contributed by atoms with E-state index >= 15 is 0 Å². The Bertz CT molecular complexity index is 1030. The highest BCUT2D eigenvalue weighted by atomic mass is 127. The molecule has 0 unspecified atom stereocenters. The normalized spacial score (nSPS) is 13.7. The molecule has 0 saturated heterocycles. The fraction of sp³-hybridized carbons (Fsp3) is 0.235. The van der Waals surface area contributed by atoms with E-state index < -0.39 is 17.5 Å². The molecule has 1 aliphatic rings. The Morgan fingerprint density at radius 2 is 2.15 bits per heavy atom. The Kier molecular flexibility index (Phi) is 5.19. The standard InChI is InChI=1S/C17H13F2IN4O2S/c18-11-5-9(20)3-4-12(11)21-15-10(17(25)23-26-7-8-1-2-8)6-13-16(14(15)19)22-24-27-13/h3-6,8,21H,1-2,7H2,(H,23,25). The lowest BCUT2D eigenvalue weighted by atomic mass is 10.1. The van der Waals surface area contributed by atoms with Crippen molar-refractivity contribution in [2.75, 3.05) is 11.9 Å². The minimum atomic E-state index is -0.772. The monoisotopic (exact) mass is 502 g/mol. The molecule has 0 radical (unpaired) electrons. The molecule has 4 rings (SSSR count). The molecule has 2 aromatic carbocycles. The summed E-state index contributed by atoms with van der Waals surface area (Å²) in [5.41, 5.74) is 2.20. The summed E-state index contributed by atoms with van der Waals surface area (Å²) in [6.07, 6.45) is 2.14. The number of carbonyl (C=O) groups excluding carboxylic acids is 1. The molecule has 1 saturated carbocycles. The number of benzene rings is 2. The van der Waals surface area contributed by atoms with Crippen molar-refractivity contribution in [1.29, 1.82) is 0 Å². The number of fused-ring (bicyclic) bond motifs is 1. The maximum atomic E-state index is 15.0. The summed E-state index contributed by atoms with van der Waals surface area (Å²) in [4.78, 5) is 17.7. The van der Waals surface area contributed by atoms with E-state index in [0.29, 0.717) is 20.8 Å². The van der Waals surface area contributed by atoms with Crippen LogP contribution in [0.3, 0.4) is 0 Å². The van der Waals surface area contributed by atoms with E-state index in [2.05, 4.69) is 20.4 Å². The van der Waals surface area contributed by atoms with Gasteiger partial charge < -0.3 is 5.32 Å². The number of hydrogen-bond donors (Lipinski definition) is 2. The lowest BCUT2D eigenvalue weighted by Crippen LogP contribution is -2.26. The van der Waals surface area contributed by atoms with Gasteiger partial charge in [-0.1, -0.05) is 4.49 Å². The van der Waals surface area contributed by atoms with Gasteiger partial charge in [0.25, 0.3) is 5.91 Å². The topological polar surface area (TPSA) is 76.1 Å². The number of halogens is 3. The molecule has 0 atom stereocenters. The summed E-state index contributed by atoms with van der Waals surface area (Å²) >= 11 is 2.94. The van der Waals surface area contributed by atoms with Crippen molar-refractivity contribution >= 4 is 61.6 Å². The maximum absolute atomic E-state index is 15.0. The SMILES string of the molecule is O=C(NOCC1CC1)c1cc2snnc2c(F)c1Nc1ccc(I)cc1F. The van der Waals surface area contributed by atoms with Crippen LogP contribution in [0.25, 0.3) is 10.2 Å². The van der Waals surface area contributed by atoms with Crippen molar-refractivity contribution in [2.45, 2.75) is 12.8 Å².